The van der Waals surface area contributed by atoms with E-state index in [1.165, 1.54) is 0 Å². The van der Waals surface area contributed by atoms with Crippen LogP contribution in [0.25, 0.3) is 17.1 Å². The van der Waals surface area contributed by atoms with Crippen molar-refractivity contribution in [1.29, 1.82) is 0 Å². The summed E-state index contributed by atoms with van der Waals surface area (Å²) < 4.78 is 7.62. The average Bonchev–Trinajstić information content (AvgIpc) is 3.51. The van der Waals surface area contributed by atoms with Crippen molar-refractivity contribution >= 4 is 44.0 Å². The molecule has 0 saturated heterocycles. The molecule has 250 valence electrons. The molecule has 0 aliphatic heterocycles. The molecule has 0 saturated carbocycles. The van der Waals surface area contributed by atoms with E-state index in [0.29, 0.717) is 29.6 Å². The summed E-state index contributed by atoms with van der Waals surface area (Å²) in [6.07, 6.45) is 2.62. The van der Waals surface area contributed by atoms with Gasteiger partial charge in [0.05, 0.1) is 11.4 Å². The van der Waals surface area contributed by atoms with Crippen molar-refractivity contribution in [1.82, 2.24) is 20.1 Å². The second-order valence-electron chi connectivity index (χ2n) is 12.6. The molecule has 10 heteroatoms. The third kappa shape index (κ3) is 10.1. The summed E-state index contributed by atoms with van der Waals surface area (Å²) in [7, 11) is 2.68. The Morgan fingerprint density at radius 2 is 1.79 bits per heavy atom. The Morgan fingerprint density at radius 3 is 2.42 bits per heavy atom. The minimum absolute atomic E-state index is 0.0307. The topological polar surface area (TPSA) is 84.6 Å². The number of amides is 1. The number of anilines is 1. The van der Waals surface area contributed by atoms with Crippen LogP contribution in [0.4, 0.5) is 5.69 Å². The number of benzene rings is 3. The quantitative estimate of drug-likeness (QED) is 0.0631. The van der Waals surface area contributed by atoms with Gasteiger partial charge in [0.15, 0.2) is 10.9 Å². The fraction of sp³-hybridized carbons (Fsp3) is 0.342. The number of aliphatic imine (C=N–C) groups is 1. The summed E-state index contributed by atoms with van der Waals surface area (Å²) in [6, 6.07) is 21.8. The summed E-state index contributed by atoms with van der Waals surface area (Å²) in [5, 5.41) is 7.87. The van der Waals surface area contributed by atoms with Crippen LogP contribution in [0.5, 0.6) is 5.75 Å². The van der Waals surface area contributed by atoms with E-state index in [2.05, 4.69) is 67.5 Å². The summed E-state index contributed by atoms with van der Waals surface area (Å²) in [5.74, 6) is 8.63. The Hall–Kier alpha value is -4.38. The highest BCUT2D eigenvalue weighted by Crippen LogP contribution is 2.30. The number of hydrogen-bond acceptors (Lipinski definition) is 5. The van der Waals surface area contributed by atoms with Crippen LogP contribution in [0.1, 0.15) is 83.9 Å². The molecule has 48 heavy (non-hydrogen) atoms. The first-order valence-electron chi connectivity index (χ1n) is 16.1. The van der Waals surface area contributed by atoms with Gasteiger partial charge in [-0.25, -0.2) is 14.7 Å². The number of nitrogens with one attached hydrogen (secondary N) is 1. The van der Waals surface area contributed by atoms with Gasteiger partial charge in [0, 0.05) is 30.0 Å². The first kappa shape index (κ1) is 36.5. The standard InChI is InChI=1S/C38H45N6O2PS/c1-9-35(45)44(34-23-26(4)13-22-33(34)25(2)3)28(6)41-37(48)40-27(5)11-10-12-29-14-16-30(17-15-29)36-39-24-43(42-36)31-18-20-32(21-19-31)46-38(7,8)47/h13-25,27H,9,11,47H2,1-8H3,(H,40,48). The number of hydrogen-bond donors (Lipinski definition) is 1. The molecule has 0 fully saturated rings. The molecular weight excluding hydrogens is 635 g/mol. The highest BCUT2D eigenvalue weighted by molar-refractivity contribution is 7.80. The Bertz CT molecular complexity index is 1830. The Morgan fingerprint density at radius 1 is 1.10 bits per heavy atom. The maximum absolute atomic E-state index is 13.1. The fourth-order valence-corrected chi connectivity index (χ4v) is 5.44. The number of carbonyl (C=O) groups is 1. The molecule has 1 N–H and O–H groups in total. The van der Waals surface area contributed by atoms with Gasteiger partial charge in [0.25, 0.3) is 0 Å². The van der Waals surface area contributed by atoms with Crippen LogP contribution in [-0.2, 0) is 4.79 Å². The molecule has 0 radical (unpaired) electrons. The Balaban J connectivity index is 1.36. The molecule has 0 aliphatic carbocycles. The van der Waals surface area contributed by atoms with Crippen LogP contribution in [-0.4, -0.2) is 43.0 Å². The second-order valence-corrected chi connectivity index (χ2v) is 14.4. The lowest BCUT2D eigenvalue weighted by Crippen LogP contribution is -2.38. The highest BCUT2D eigenvalue weighted by atomic mass is 32.1. The molecule has 0 spiro atoms. The molecule has 0 bridgehead atoms. The zero-order valence-corrected chi connectivity index (χ0v) is 31.0. The van der Waals surface area contributed by atoms with Crippen molar-refractivity contribution in [3.63, 3.8) is 0 Å². The lowest BCUT2D eigenvalue weighted by atomic mass is 9.98. The smallest absolute Gasteiger partial charge is 0.232 e. The van der Waals surface area contributed by atoms with Crippen molar-refractivity contribution < 1.29 is 9.53 Å². The zero-order valence-electron chi connectivity index (χ0n) is 29.0. The van der Waals surface area contributed by atoms with Crippen LogP contribution in [0.3, 0.4) is 0 Å². The molecular formula is C38H45N6O2PS. The first-order valence-corrected chi connectivity index (χ1v) is 17.1. The van der Waals surface area contributed by atoms with Gasteiger partial charge in [-0.1, -0.05) is 54.0 Å². The van der Waals surface area contributed by atoms with Crippen molar-refractivity contribution in [3.8, 4) is 34.7 Å². The van der Waals surface area contributed by atoms with Crippen molar-refractivity contribution in [2.45, 2.75) is 85.5 Å². The fourth-order valence-electron chi connectivity index (χ4n) is 4.97. The average molecular weight is 681 g/mol. The van der Waals surface area contributed by atoms with Gasteiger partial charge in [-0.15, -0.1) is 5.10 Å². The number of thiocarbonyl (C=S) groups is 1. The molecule has 8 nitrogen and oxygen atoms in total. The normalized spacial score (nSPS) is 12.2. The maximum Gasteiger partial charge on any atom is 0.232 e. The number of rotatable bonds is 9. The number of aryl methyl sites for hydroxylation is 1. The molecule has 3 aromatic carbocycles. The van der Waals surface area contributed by atoms with Crippen LogP contribution in [0, 0.1) is 18.8 Å². The first-order chi connectivity index (χ1) is 22.7. The Labute approximate surface area is 292 Å². The van der Waals surface area contributed by atoms with Crippen LogP contribution in [0.2, 0.25) is 0 Å². The minimum Gasteiger partial charge on any atom is -0.484 e. The van der Waals surface area contributed by atoms with E-state index in [1.807, 2.05) is 96.1 Å². The van der Waals surface area contributed by atoms with E-state index in [-0.39, 0.29) is 23.2 Å². The number of carbonyl (C=O) groups excluding carboxylic acids is 1. The largest absolute Gasteiger partial charge is 0.484 e. The van der Waals surface area contributed by atoms with E-state index < -0.39 is 0 Å². The number of ether oxygens (including phenoxy) is 1. The third-order valence-corrected chi connectivity index (χ3v) is 7.64. The molecule has 1 amide bonds. The van der Waals surface area contributed by atoms with Gasteiger partial charge in [0.1, 0.15) is 23.3 Å². The molecule has 2 unspecified atom stereocenters. The van der Waals surface area contributed by atoms with E-state index >= 15 is 0 Å². The second kappa shape index (κ2) is 16.1. The monoisotopic (exact) mass is 680 g/mol. The zero-order chi connectivity index (χ0) is 35.0. The van der Waals surface area contributed by atoms with Crippen molar-refractivity contribution in [2.75, 3.05) is 4.90 Å². The van der Waals surface area contributed by atoms with Gasteiger partial charge in [-0.3, -0.25) is 9.69 Å². The molecule has 4 rings (SSSR count). The van der Waals surface area contributed by atoms with Gasteiger partial charge >= 0.3 is 0 Å². The molecule has 2 atom stereocenters. The summed E-state index contributed by atoms with van der Waals surface area (Å²) in [4.78, 5) is 23.9. The molecule has 0 aliphatic rings. The van der Waals surface area contributed by atoms with Crippen molar-refractivity contribution in [3.05, 3.63) is 89.7 Å². The number of amidine groups is 1. The van der Waals surface area contributed by atoms with Crippen molar-refractivity contribution in [2.24, 2.45) is 4.99 Å². The highest BCUT2D eigenvalue weighted by Gasteiger charge is 2.22. The van der Waals surface area contributed by atoms with E-state index in [0.717, 1.165) is 39.4 Å². The molecule has 1 heterocycles. The number of nitrogens with zero attached hydrogens (tertiary/aromatic N) is 5. The number of aromatic nitrogens is 3. The van der Waals surface area contributed by atoms with Gasteiger partial charge in [-0.05, 0) is 118 Å². The van der Waals surface area contributed by atoms with Gasteiger partial charge in [0.2, 0.25) is 5.91 Å². The molecule has 4 aromatic rings. The molecule has 1 aromatic heterocycles. The van der Waals surface area contributed by atoms with Gasteiger partial charge < -0.3 is 10.1 Å². The van der Waals surface area contributed by atoms with Crippen LogP contribution < -0.4 is 15.0 Å². The summed E-state index contributed by atoms with van der Waals surface area (Å²) >= 11 is 5.57. The van der Waals surface area contributed by atoms with Crippen LogP contribution >= 0.6 is 21.5 Å². The third-order valence-electron chi connectivity index (χ3n) is 7.32. The minimum atomic E-state index is -0.337. The predicted molar refractivity (Wildman–Crippen MR) is 204 cm³/mol. The van der Waals surface area contributed by atoms with Gasteiger partial charge in [-0.2, -0.15) is 0 Å². The summed E-state index contributed by atoms with van der Waals surface area (Å²) in [5.41, 5.74) is 5.71. The predicted octanol–water partition coefficient (Wildman–Crippen LogP) is 8.22. The summed E-state index contributed by atoms with van der Waals surface area (Å²) in [6.45, 7) is 15.9. The van der Waals surface area contributed by atoms with Crippen LogP contribution in [0.15, 0.2) is 78.0 Å². The van der Waals surface area contributed by atoms with E-state index in [9.17, 15) is 4.79 Å². The Kier molecular flexibility index (Phi) is 12.3. The lowest BCUT2D eigenvalue weighted by Gasteiger charge is -2.26. The van der Waals surface area contributed by atoms with E-state index in [4.69, 9.17) is 17.0 Å². The SMILES string of the molecule is CCC(=O)N(C(C)=NC(=S)NC(C)CC#Cc1ccc(-c2ncn(-c3ccc(OC(C)(C)P)cc3)n2)cc1)c1cc(C)ccc1C(C)C. The maximum atomic E-state index is 13.1. The van der Waals surface area contributed by atoms with E-state index in [1.54, 1.807) is 15.9 Å². The lowest BCUT2D eigenvalue weighted by molar-refractivity contribution is -0.117.